The summed E-state index contributed by atoms with van der Waals surface area (Å²) in [5.74, 6) is 0.633. The van der Waals surface area contributed by atoms with Crippen molar-refractivity contribution < 1.29 is 19.0 Å². The van der Waals surface area contributed by atoms with Crippen molar-refractivity contribution in [2.75, 3.05) is 25.1 Å². The molecule has 140 valence electrons. The molecule has 0 radical (unpaired) electrons. The Morgan fingerprint density at radius 3 is 2.62 bits per heavy atom. The summed E-state index contributed by atoms with van der Waals surface area (Å²) in [7, 11) is 0. The van der Waals surface area contributed by atoms with Crippen LogP contribution in [0.1, 0.15) is 13.8 Å². The maximum Gasteiger partial charge on any atom is 0.265 e. The van der Waals surface area contributed by atoms with Crippen LogP contribution in [0.15, 0.2) is 42.5 Å². The van der Waals surface area contributed by atoms with Crippen molar-refractivity contribution in [2.45, 2.75) is 20.0 Å². The van der Waals surface area contributed by atoms with E-state index in [4.69, 9.17) is 37.4 Å². The van der Waals surface area contributed by atoms with Gasteiger partial charge in [-0.2, -0.15) is 0 Å². The molecule has 0 aliphatic heterocycles. The van der Waals surface area contributed by atoms with Crippen LogP contribution in [0.4, 0.5) is 5.69 Å². The molecule has 1 atom stereocenters. The molecule has 5 nitrogen and oxygen atoms in total. The summed E-state index contributed by atoms with van der Waals surface area (Å²) >= 11 is 11.9. The molecule has 2 aromatic rings. The second kappa shape index (κ2) is 10.3. The zero-order valence-electron chi connectivity index (χ0n) is 14.6. The number of para-hydroxylation sites is 2. The van der Waals surface area contributed by atoms with E-state index in [1.54, 1.807) is 37.3 Å². The lowest BCUT2D eigenvalue weighted by Gasteiger charge is -2.17. The van der Waals surface area contributed by atoms with Gasteiger partial charge < -0.3 is 19.5 Å². The smallest absolute Gasteiger partial charge is 0.265 e. The van der Waals surface area contributed by atoms with Crippen LogP contribution < -0.4 is 14.8 Å². The van der Waals surface area contributed by atoms with Crippen molar-refractivity contribution in [2.24, 2.45) is 0 Å². The summed E-state index contributed by atoms with van der Waals surface area (Å²) in [5.41, 5.74) is 0.562. The van der Waals surface area contributed by atoms with Crippen molar-refractivity contribution in [3.05, 3.63) is 52.5 Å². The molecule has 0 saturated carbocycles. The van der Waals surface area contributed by atoms with Gasteiger partial charge in [0.05, 0.1) is 17.3 Å². The first-order valence-corrected chi connectivity index (χ1v) is 8.99. The lowest BCUT2D eigenvalue weighted by Crippen LogP contribution is -2.30. The third kappa shape index (κ3) is 6.09. The standard InChI is InChI=1S/C19H21Cl2NO4/c1-3-24-10-11-25-18-7-5-4-6-16(18)22-19(23)13(2)26-17-9-8-14(20)12-15(17)21/h4-9,12-13H,3,10-11H2,1-2H3,(H,22,23). The zero-order chi connectivity index (χ0) is 18.9. The summed E-state index contributed by atoms with van der Waals surface area (Å²) in [6.07, 6.45) is -0.759. The lowest BCUT2D eigenvalue weighted by molar-refractivity contribution is -0.122. The van der Waals surface area contributed by atoms with E-state index in [1.807, 2.05) is 19.1 Å². The Bertz CT molecular complexity index is 739. The SMILES string of the molecule is CCOCCOc1ccccc1NC(=O)C(C)Oc1ccc(Cl)cc1Cl. The minimum Gasteiger partial charge on any atom is -0.489 e. The number of hydrogen-bond acceptors (Lipinski definition) is 4. The first kappa shape index (κ1) is 20.4. The highest BCUT2D eigenvalue weighted by molar-refractivity contribution is 6.35. The van der Waals surface area contributed by atoms with Crippen LogP contribution in [0.5, 0.6) is 11.5 Å². The molecule has 0 aromatic heterocycles. The summed E-state index contributed by atoms with van der Waals surface area (Å²) in [4.78, 5) is 12.4. The number of carbonyl (C=O) groups excluding carboxylic acids is 1. The van der Waals surface area contributed by atoms with Crippen molar-refractivity contribution in [1.29, 1.82) is 0 Å². The number of nitrogens with one attached hydrogen (secondary N) is 1. The van der Waals surface area contributed by atoms with E-state index in [0.29, 0.717) is 47.1 Å². The highest BCUT2D eigenvalue weighted by Gasteiger charge is 2.18. The van der Waals surface area contributed by atoms with Gasteiger partial charge in [0, 0.05) is 11.6 Å². The van der Waals surface area contributed by atoms with Gasteiger partial charge in [-0.3, -0.25) is 4.79 Å². The van der Waals surface area contributed by atoms with Crippen LogP contribution in [0.3, 0.4) is 0 Å². The predicted octanol–water partition coefficient (Wildman–Crippen LogP) is 4.81. The summed E-state index contributed by atoms with van der Waals surface area (Å²) in [5, 5.41) is 3.65. The Kier molecular flexibility index (Phi) is 8.04. The molecule has 1 amide bonds. The number of amides is 1. The molecular formula is C19H21Cl2NO4. The second-order valence-electron chi connectivity index (χ2n) is 5.37. The number of hydrogen-bond donors (Lipinski definition) is 1. The third-order valence-electron chi connectivity index (χ3n) is 3.40. The van der Waals surface area contributed by atoms with Gasteiger partial charge >= 0.3 is 0 Å². The van der Waals surface area contributed by atoms with E-state index in [2.05, 4.69) is 5.32 Å². The van der Waals surface area contributed by atoms with Crippen LogP contribution >= 0.6 is 23.2 Å². The highest BCUT2D eigenvalue weighted by atomic mass is 35.5. The Morgan fingerprint density at radius 1 is 1.12 bits per heavy atom. The average Bonchev–Trinajstić information content (AvgIpc) is 2.62. The molecule has 0 spiro atoms. The van der Waals surface area contributed by atoms with E-state index in [9.17, 15) is 4.79 Å². The topological polar surface area (TPSA) is 56.8 Å². The van der Waals surface area contributed by atoms with Crippen molar-refractivity contribution in [3.8, 4) is 11.5 Å². The van der Waals surface area contributed by atoms with Crippen molar-refractivity contribution >= 4 is 34.8 Å². The molecule has 0 aliphatic carbocycles. The van der Waals surface area contributed by atoms with Crippen molar-refractivity contribution in [3.63, 3.8) is 0 Å². The fourth-order valence-electron chi connectivity index (χ4n) is 2.10. The van der Waals surface area contributed by atoms with E-state index in [0.717, 1.165) is 0 Å². The molecule has 1 unspecified atom stereocenters. The maximum atomic E-state index is 12.4. The molecule has 2 rings (SSSR count). The first-order chi connectivity index (χ1) is 12.5. The number of carbonyl (C=O) groups is 1. The fourth-order valence-corrected chi connectivity index (χ4v) is 2.55. The number of benzene rings is 2. The maximum absolute atomic E-state index is 12.4. The largest absolute Gasteiger partial charge is 0.489 e. The van der Waals surface area contributed by atoms with Gasteiger partial charge in [-0.05, 0) is 44.2 Å². The quantitative estimate of drug-likeness (QED) is 0.616. The molecule has 0 bridgehead atoms. The van der Waals surface area contributed by atoms with Gasteiger partial charge in [0.25, 0.3) is 5.91 Å². The van der Waals surface area contributed by atoms with E-state index < -0.39 is 6.10 Å². The number of ether oxygens (including phenoxy) is 3. The molecule has 0 heterocycles. The lowest BCUT2D eigenvalue weighted by atomic mass is 10.2. The molecule has 7 heteroatoms. The van der Waals surface area contributed by atoms with Crippen LogP contribution in [0, 0.1) is 0 Å². The van der Waals surface area contributed by atoms with Crippen LogP contribution in [-0.4, -0.2) is 31.8 Å². The van der Waals surface area contributed by atoms with Gasteiger partial charge in [0.2, 0.25) is 0 Å². The van der Waals surface area contributed by atoms with E-state index in [1.165, 1.54) is 0 Å². The number of anilines is 1. The zero-order valence-corrected chi connectivity index (χ0v) is 16.1. The minimum atomic E-state index is -0.759. The number of rotatable bonds is 9. The summed E-state index contributed by atoms with van der Waals surface area (Å²) in [6.45, 7) is 5.06. The normalized spacial score (nSPS) is 11.7. The Morgan fingerprint density at radius 2 is 1.88 bits per heavy atom. The van der Waals surface area contributed by atoms with Gasteiger partial charge in [0.15, 0.2) is 6.10 Å². The average molecular weight is 398 g/mol. The molecule has 0 aliphatic rings. The number of halogens is 2. The summed E-state index contributed by atoms with van der Waals surface area (Å²) < 4.78 is 16.5. The van der Waals surface area contributed by atoms with Gasteiger partial charge in [-0.1, -0.05) is 35.3 Å². The van der Waals surface area contributed by atoms with E-state index >= 15 is 0 Å². The second-order valence-corrected chi connectivity index (χ2v) is 6.21. The molecule has 0 fully saturated rings. The Balaban J connectivity index is 1.98. The predicted molar refractivity (Wildman–Crippen MR) is 104 cm³/mol. The van der Waals surface area contributed by atoms with Crippen LogP contribution in [-0.2, 0) is 9.53 Å². The van der Waals surface area contributed by atoms with Gasteiger partial charge in [-0.15, -0.1) is 0 Å². The third-order valence-corrected chi connectivity index (χ3v) is 3.93. The van der Waals surface area contributed by atoms with Gasteiger partial charge in [0.1, 0.15) is 18.1 Å². The first-order valence-electron chi connectivity index (χ1n) is 8.23. The minimum absolute atomic E-state index is 0.322. The molecule has 0 saturated heterocycles. The molecule has 26 heavy (non-hydrogen) atoms. The van der Waals surface area contributed by atoms with Crippen molar-refractivity contribution in [1.82, 2.24) is 0 Å². The Labute approximate surface area is 163 Å². The van der Waals surface area contributed by atoms with Gasteiger partial charge in [-0.25, -0.2) is 0 Å². The molecular weight excluding hydrogens is 377 g/mol. The highest BCUT2D eigenvalue weighted by Crippen LogP contribution is 2.29. The monoisotopic (exact) mass is 397 g/mol. The Hall–Kier alpha value is -1.95. The summed E-state index contributed by atoms with van der Waals surface area (Å²) in [6, 6.07) is 12.0. The van der Waals surface area contributed by atoms with E-state index in [-0.39, 0.29) is 5.91 Å². The van der Waals surface area contributed by atoms with Crippen LogP contribution in [0.2, 0.25) is 10.0 Å². The fraction of sp³-hybridized carbons (Fsp3) is 0.316. The molecule has 2 aromatic carbocycles. The van der Waals surface area contributed by atoms with Crippen LogP contribution in [0.25, 0.3) is 0 Å². The molecule has 1 N–H and O–H groups in total.